The molecule has 4 aliphatic rings. The SMILES string of the molecule is CC(=O)c1ccc(N2C(=O)[C@H]3[C@H](CC=C4[C@H]3C[C@H]3C(=O)N(c5ccccc5)C(=O)[C@@]3(C)[C@H]4c3ccc(CO)o3)C2=O)cc1. The minimum absolute atomic E-state index is 0.118. The first kappa shape index (κ1) is 27.2. The van der Waals surface area contributed by atoms with Gasteiger partial charge in [-0.25, -0.2) is 4.90 Å². The molecule has 3 fully saturated rings. The maximum atomic E-state index is 14.3. The van der Waals surface area contributed by atoms with Crippen LogP contribution in [-0.2, 0) is 25.8 Å². The number of furan rings is 1. The second-order valence-corrected chi connectivity index (χ2v) is 12.1. The highest BCUT2D eigenvalue weighted by atomic mass is 16.4. The fourth-order valence-corrected chi connectivity index (χ4v) is 7.87. The lowest BCUT2D eigenvalue weighted by Crippen LogP contribution is -2.48. The van der Waals surface area contributed by atoms with E-state index in [2.05, 4.69) is 0 Å². The summed E-state index contributed by atoms with van der Waals surface area (Å²) in [7, 11) is 0. The Morgan fingerprint density at radius 1 is 0.884 bits per heavy atom. The van der Waals surface area contributed by atoms with Crippen LogP contribution in [0.1, 0.15) is 54.5 Å². The van der Waals surface area contributed by atoms with Crippen molar-refractivity contribution >= 4 is 40.8 Å². The summed E-state index contributed by atoms with van der Waals surface area (Å²) < 4.78 is 6.04. The molecule has 0 spiro atoms. The number of hydrogen-bond acceptors (Lipinski definition) is 7. The van der Waals surface area contributed by atoms with Crippen LogP contribution in [0.3, 0.4) is 0 Å². The number of aliphatic hydroxyl groups excluding tert-OH is 1. The number of benzene rings is 2. The van der Waals surface area contributed by atoms with Crippen molar-refractivity contribution in [1.82, 2.24) is 0 Å². The van der Waals surface area contributed by atoms with Gasteiger partial charge < -0.3 is 9.52 Å². The minimum atomic E-state index is -1.21. The van der Waals surface area contributed by atoms with Gasteiger partial charge in [-0.2, -0.15) is 0 Å². The quantitative estimate of drug-likeness (QED) is 0.270. The lowest BCUT2D eigenvalue weighted by Gasteiger charge is -2.48. The van der Waals surface area contributed by atoms with Gasteiger partial charge in [-0.3, -0.25) is 28.9 Å². The van der Waals surface area contributed by atoms with Gasteiger partial charge in [-0.15, -0.1) is 0 Å². The zero-order valence-electron chi connectivity index (χ0n) is 23.7. The molecule has 0 bridgehead atoms. The third-order valence-electron chi connectivity index (χ3n) is 9.94. The number of hydrogen-bond donors (Lipinski definition) is 1. The van der Waals surface area contributed by atoms with Crippen molar-refractivity contribution < 1.29 is 33.5 Å². The molecule has 2 aliphatic carbocycles. The molecule has 2 aromatic carbocycles. The van der Waals surface area contributed by atoms with Crippen LogP contribution in [-0.4, -0.2) is 34.5 Å². The molecule has 0 radical (unpaired) electrons. The van der Waals surface area contributed by atoms with Gasteiger partial charge in [0.05, 0.1) is 40.5 Å². The number of aliphatic hydroxyl groups is 1. The Bertz CT molecular complexity index is 1720. The van der Waals surface area contributed by atoms with Gasteiger partial charge in [0.25, 0.3) is 0 Å². The van der Waals surface area contributed by atoms with Crippen LogP contribution in [0.25, 0.3) is 0 Å². The maximum Gasteiger partial charge on any atom is 0.241 e. The van der Waals surface area contributed by atoms with Crippen LogP contribution in [0.5, 0.6) is 0 Å². The van der Waals surface area contributed by atoms with E-state index in [0.29, 0.717) is 34.9 Å². The standard InChI is InChI=1S/C34H30N2O7/c1-18(38)19-8-10-21(11-9-19)35-30(39)24-14-13-23-25(28(24)32(35)41)16-26-31(40)36(20-6-4-3-5-7-20)33(42)34(26,2)29(23)27-15-12-22(17-37)43-27/h3-13,15,24-26,28-29,37H,14,16-17H2,1-2H3/t24-,25+,26-,28-,29+,34+/m0/s1. The summed E-state index contributed by atoms with van der Waals surface area (Å²) in [4.78, 5) is 70.5. The third kappa shape index (κ3) is 3.77. The van der Waals surface area contributed by atoms with E-state index in [1.165, 1.54) is 16.7 Å². The average molecular weight is 579 g/mol. The summed E-state index contributed by atoms with van der Waals surface area (Å²) in [5.74, 6) is -3.94. The molecule has 0 unspecified atom stereocenters. The third-order valence-corrected chi connectivity index (χ3v) is 9.94. The molecule has 3 heterocycles. The summed E-state index contributed by atoms with van der Waals surface area (Å²) in [5, 5.41) is 9.75. The Morgan fingerprint density at radius 2 is 1.58 bits per heavy atom. The van der Waals surface area contributed by atoms with E-state index in [0.717, 1.165) is 5.57 Å². The maximum absolute atomic E-state index is 14.3. The minimum Gasteiger partial charge on any atom is -0.463 e. The molecule has 3 aromatic rings. The largest absolute Gasteiger partial charge is 0.463 e. The highest BCUT2D eigenvalue weighted by Crippen LogP contribution is 2.63. The van der Waals surface area contributed by atoms with Gasteiger partial charge in [0.15, 0.2) is 5.78 Å². The number of amides is 4. The highest BCUT2D eigenvalue weighted by molar-refractivity contribution is 6.25. The van der Waals surface area contributed by atoms with E-state index in [1.54, 1.807) is 67.6 Å². The Hall–Kier alpha value is -4.63. The monoisotopic (exact) mass is 578 g/mol. The van der Waals surface area contributed by atoms with Gasteiger partial charge >= 0.3 is 0 Å². The Kier molecular flexibility index (Phi) is 6.14. The number of nitrogens with zero attached hydrogens (tertiary/aromatic N) is 2. The molecule has 1 saturated carbocycles. The number of allylic oxidation sites excluding steroid dienone is 2. The summed E-state index contributed by atoms with van der Waals surface area (Å²) in [6, 6.07) is 18.6. The smallest absolute Gasteiger partial charge is 0.241 e. The van der Waals surface area contributed by atoms with Crippen LogP contribution in [0.4, 0.5) is 11.4 Å². The van der Waals surface area contributed by atoms with E-state index in [4.69, 9.17) is 4.42 Å². The lowest BCUT2D eigenvalue weighted by atomic mass is 9.52. The summed E-state index contributed by atoms with van der Waals surface area (Å²) in [5.41, 5.74) is 0.954. The molecule has 2 aliphatic heterocycles. The molecule has 43 heavy (non-hydrogen) atoms. The molecule has 9 heteroatoms. The van der Waals surface area contributed by atoms with Crippen molar-refractivity contribution in [2.24, 2.45) is 29.1 Å². The average Bonchev–Trinajstić information content (AvgIpc) is 3.64. The Labute approximate surface area is 247 Å². The summed E-state index contributed by atoms with van der Waals surface area (Å²) >= 11 is 0. The van der Waals surface area contributed by atoms with Crippen LogP contribution in [0.2, 0.25) is 0 Å². The zero-order chi connectivity index (χ0) is 30.2. The second-order valence-electron chi connectivity index (χ2n) is 12.1. The number of fused-ring (bicyclic) bond motifs is 4. The van der Waals surface area contributed by atoms with Gasteiger partial charge in [0, 0.05) is 5.56 Å². The molecule has 7 rings (SSSR count). The second kappa shape index (κ2) is 9.70. The summed E-state index contributed by atoms with van der Waals surface area (Å²) in [6.45, 7) is 2.92. The molecule has 218 valence electrons. The topological polar surface area (TPSA) is 125 Å². The molecular formula is C34H30N2O7. The van der Waals surface area contributed by atoms with Crippen molar-refractivity contribution in [1.29, 1.82) is 0 Å². The van der Waals surface area contributed by atoms with E-state index in [9.17, 15) is 29.1 Å². The molecular weight excluding hydrogens is 548 g/mol. The van der Waals surface area contributed by atoms with Crippen LogP contribution in [0, 0.1) is 29.1 Å². The molecule has 1 aromatic heterocycles. The van der Waals surface area contributed by atoms with Gasteiger partial charge in [0.1, 0.15) is 18.1 Å². The van der Waals surface area contributed by atoms with E-state index >= 15 is 0 Å². The number of para-hydroxylation sites is 1. The highest BCUT2D eigenvalue weighted by Gasteiger charge is 2.68. The molecule has 2 saturated heterocycles. The van der Waals surface area contributed by atoms with E-state index in [-0.39, 0.29) is 42.4 Å². The number of carbonyl (C=O) groups is 5. The fraction of sp³-hybridized carbons (Fsp3) is 0.324. The predicted octanol–water partition coefficient (Wildman–Crippen LogP) is 4.41. The van der Waals surface area contributed by atoms with Crippen LogP contribution >= 0.6 is 0 Å². The van der Waals surface area contributed by atoms with Gasteiger partial charge in [-0.1, -0.05) is 29.8 Å². The van der Waals surface area contributed by atoms with E-state index < -0.39 is 35.0 Å². The lowest BCUT2D eigenvalue weighted by molar-refractivity contribution is -0.131. The first-order valence-corrected chi connectivity index (χ1v) is 14.5. The number of rotatable bonds is 5. The number of carbonyl (C=O) groups excluding carboxylic acids is 5. The molecule has 6 atom stereocenters. The first-order valence-electron chi connectivity index (χ1n) is 14.5. The van der Waals surface area contributed by atoms with E-state index in [1.807, 2.05) is 12.1 Å². The number of Topliss-reactive ketones (excluding diaryl/α,β-unsaturated/α-hetero) is 1. The van der Waals surface area contributed by atoms with Crippen molar-refractivity contribution in [3.8, 4) is 0 Å². The molecule has 1 N–H and O–H groups in total. The predicted molar refractivity (Wildman–Crippen MR) is 155 cm³/mol. The van der Waals surface area contributed by atoms with Crippen LogP contribution in [0.15, 0.2) is 82.8 Å². The van der Waals surface area contributed by atoms with Crippen molar-refractivity contribution in [2.75, 3.05) is 9.80 Å². The van der Waals surface area contributed by atoms with Crippen LogP contribution < -0.4 is 9.80 Å². The summed E-state index contributed by atoms with van der Waals surface area (Å²) in [6.07, 6.45) is 2.49. The van der Waals surface area contributed by atoms with Gasteiger partial charge in [0.2, 0.25) is 23.6 Å². The zero-order valence-corrected chi connectivity index (χ0v) is 23.7. The molecule has 9 nitrogen and oxygen atoms in total. The Morgan fingerprint density at radius 3 is 2.23 bits per heavy atom. The Balaban J connectivity index is 1.33. The van der Waals surface area contributed by atoms with Crippen molar-refractivity contribution in [3.05, 3.63) is 95.5 Å². The van der Waals surface area contributed by atoms with Crippen molar-refractivity contribution in [2.45, 2.75) is 39.2 Å². The normalized spacial score (nSPS) is 29.8. The number of imide groups is 2. The van der Waals surface area contributed by atoms with Gasteiger partial charge in [-0.05, 0) is 81.1 Å². The first-order chi connectivity index (χ1) is 20.7. The number of anilines is 2. The molecule has 4 amide bonds. The fourth-order valence-electron chi connectivity index (χ4n) is 7.87. The number of ketones is 1. The van der Waals surface area contributed by atoms with Crippen molar-refractivity contribution in [3.63, 3.8) is 0 Å².